The van der Waals surface area contributed by atoms with Crippen LogP contribution < -0.4 is 16.4 Å². The Bertz CT molecular complexity index is 547. The highest BCUT2D eigenvalue weighted by molar-refractivity contribution is 5.51. The molecule has 3 rings (SSSR count). The molecule has 2 aliphatic rings. The number of morpholine rings is 1. The molecule has 5 heteroatoms. The van der Waals surface area contributed by atoms with Gasteiger partial charge in [-0.25, -0.2) is 4.39 Å². The second-order valence-electron chi connectivity index (χ2n) is 7.32. The first-order valence-corrected chi connectivity index (χ1v) is 8.62. The monoisotopic (exact) mass is 321 g/mol. The minimum Gasteiger partial charge on any atom is -0.372 e. The number of rotatable bonds is 2. The molecule has 23 heavy (non-hydrogen) atoms. The fourth-order valence-corrected chi connectivity index (χ4v) is 3.89. The Labute approximate surface area is 138 Å². The van der Waals surface area contributed by atoms with E-state index in [1.165, 1.54) is 0 Å². The van der Waals surface area contributed by atoms with Crippen molar-refractivity contribution in [3.05, 3.63) is 29.6 Å². The summed E-state index contributed by atoms with van der Waals surface area (Å²) in [6.45, 7) is 5.47. The molecule has 0 bridgehead atoms. The standard InChI is InChI=1S/C18H28FN3O/c1-12-10-22(11-13(2)23-12)17-4-3-14(9-16(17)19)18(21)7-5-15(20)6-8-18/h3-4,9,12-13,15H,5-8,10-11,20-21H2,1-2H3. The summed E-state index contributed by atoms with van der Waals surface area (Å²) < 4.78 is 20.5. The predicted molar refractivity (Wildman–Crippen MR) is 90.9 cm³/mol. The van der Waals surface area contributed by atoms with Crippen LogP contribution in [-0.4, -0.2) is 31.3 Å². The van der Waals surface area contributed by atoms with Crippen molar-refractivity contribution in [1.29, 1.82) is 0 Å². The molecular weight excluding hydrogens is 293 g/mol. The van der Waals surface area contributed by atoms with E-state index in [0.717, 1.165) is 31.2 Å². The molecule has 1 saturated carbocycles. The lowest BCUT2D eigenvalue weighted by Gasteiger charge is -2.38. The van der Waals surface area contributed by atoms with Crippen molar-refractivity contribution in [3.63, 3.8) is 0 Å². The van der Waals surface area contributed by atoms with E-state index in [-0.39, 0.29) is 24.1 Å². The van der Waals surface area contributed by atoms with E-state index in [4.69, 9.17) is 16.2 Å². The maximum Gasteiger partial charge on any atom is 0.146 e. The van der Waals surface area contributed by atoms with Crippen LogP contribution in [0.2, 0.25) is 0 Å². The summed E-state index contributed by atoms with van der Waals surface area (Å²) in [4.78, 5) is 2.07. The van der Waals surface area contributed by atoms with Crippen LogP contribution in [-0.2, 0) is 10.3 Å². The molecule has 1 aliphatic heterocycles. The maximum absolute atomic E-state index is 14.7. The average Bonchev–Trinajstić information content (AvgIpc) is 2.49. The number of hydrogen-bond donors (Lipinski definition) is 2. The van der Waals surface area contributed by atoms with E-state index in [2.05, 4.69) is 4.90 Å². The van der Waals surface area contributed by atoms with Gasteiger partial charge in [0.25, 0.3) is 0 Å². The van der Waals surface area contributed by atoms with Gasteiger partial charge in [0.1, 0.15) is 5.82 Å². The van der Waals surface area contributed by atoms with Gasteiger partial charge in [-0.3, -0.25) is 0 Å². The lowest BCUT2D eigenvalue weighted by molar-refractivity contribution is -0.00539. The molecule has 0 aromatic heterocycles. The topological polar surface area (TPSA) is 64.5 Å². The van der Waals surface area contributed by atoms with Crippen LogP contribution in [0, 0.1) is 5.82 Å². The quantitative estimate of drug-likeness (QED) is 0.878. The number of anilines is 1. The van der Waals surface area contributed by atoms with E-state index >= 15 is 0 Å². The molecule has 1 aromatic carbocycles. The second kappa shape index (κ2) is 6.38. The lowest BCUT2D eigenvalue weighted by Crippen LogP contribution is -2.46. The van der Waals surface area contributed by atoms with E-state index in [1.54, 1.807) is 6.07 Å². The molecule has 4 nitrogen and oxygen atoms in total. The molecule has 1 aliphatic carbocycles. The minimum absolute atomic E-state index is 0.110. The third-order valence-electron chi connectivity index (χ3n) is 5.21. The van der Waals surface area contributed by atoms with Gasteiger partial charge < -0.3 is 21.1 Å². The van der Waals surface area contributed by atoms with Crippen LogP contribution in [0.25, 0.3) is 0 Å². The van der Waals surface area contributed by atoms with Gasteiger partial charge in [-0.1, -0.05) is 6.07 Å². The highest BCUT2D eigenvalue weighted by atomic mass is 19.1. The molecule has 0 spiro atoms. The molecule has 2 unspecified atom stereocenters. The Morgan fingerprint density at radius 3 is 2.35 bits per heavy atom. The first-order chi connectivity index (χ1) is 10.9. The normalized spacial score (nSPS) is 35.3. The van der Waals surface area contributed by atoms with Crippen LogP contribution in [0.1, 0.15) is 45.1 Å². The molecule has 0 amide bonds. The third kappa shape index (κ3) is 3.52. The summed E-state index contributed by atoms with van der Waals surface area (Å²) in [5.41, 5.74) is 13.6. The highest BCUT2D eigenvalue weighted by Gasteiger charge is 2.33. The van der Waals surface area contributed by atoms with Gasteiger partial charge in [0.15, 0.2) is 0 Å². The summed E-state index contributed by atoms with van der Waals surface area (Å²) in [5.74, 6) is -0.191. The van der Waals surface area contributed by atoms with Crippen LogP contribution >= 0.6 is 0 Å². The highest BCUT2D eigenvalue weighted by Crippen LogP contribution is 2.36. The Morgan fingerprint density at radius 2 is 1.78 bits per heavy atom. The Balaban J connectivity index is 1.81. The summed E-state index contributed by atoms with van der Waals surface area (Å²) in [7, 11) is 0. The number of benzene rings is 1. The fourth-order valence-electron chi connectivity index (χ4n) is 3.89. The molecule has 0 radical (unpaired) electrons. The first kappa shape index (κ1) is 16.7. The maximum atomic E-state index is 14.7. The Hall–Kier alpha value is -1.17. The molecule has 4 N–H and O–H groups in total. The summed E-state index contributed by atoms with van der Waals surface area (Å²) >= 11 is 0. The zero-order valence-electron chi connectivity index (χ0n) is 14.1. The van der Waals surface area contributed by atoms with Gasteiger partial charge in [-0.05, 0) is 57.2 Å². The van der Waals surface area contributed by atoms with Crippen molar-refractivity contribution in [2.75, 3.05) is 18.0 Å². The minimum atomic E-state index is -0.444. The van der Waals surface area contributed by atoms with E-state index in [1.807, 2.05) is 26.0 Å². The molecule has 128 valence electrons. The van der Waals surface area contributed by atoms with Crippen molar-refractivity contribution in [2.45, 2.75) is 63.3 Å². The van der Waals surface area contributed by atoms with Crippen LogP contribution in [0.3, 0.4) is 0 Å². The number of ether oxygens (including phenoxy) is 1. The van der Waals surface area contributed by atoms with Crippen LogP contribution in [0.15, 0.2) is 18.2 Å². The molecular formula is C18H28FN3O. The largest absolute Gasteiger partial charge is 0.372 e. The van der Waals surface area contributed by atoms with Crippen molar-refractivity contribution in [1.82, 2.24) is 0 Å². The first-order valence-electron chi connectivity index (χ1n) is 8.62. The molecule has 1 aromatic rings. The van der Waals surface area contributed by atoms with Crippen molar-refractivity contribution < 1.29 is 9.13 Å². The zero-order valence-corrected chi connectivity index (χ0v) is 14.1. The number of halogens is 1. The summed E-state index contributed by atoms with van der Waals surface area (Å²) in [6.07, 6.45) is 3.66. The fraction of sp³-hybridized carbons (Fsp3) is 0.667. The SMILES string of the molecule is CC1CN(c2ccc(C3(N)CCC(N)CC3)cc2F)CC(C)O1. The van der Waals surface area contributed by atoms with Gasteiger partial charge in [-0.2, -0.15) is 0 Å². The van der Waals surface area contributed by atoms with Crippen molar-refractivity contribution in [3.8, 4) is 0 Å². The summed E-state index contributed by atoms with van der Waals surface area (Å²) in [5, 5.41) is 0. The van der Waals surface area contributed by atoms with Crippen molar-refractivity contribution in [2.24, 2.45) is 11.5 Å². The number of hydrogen-bond acceptors (Lipinski definition) is 4. The second-order valence-corrected chi connectivity index (χ2v) is 7.32. The molecule has 1 heterocycles. The summed E-state index contributed by atoms with van der Waals surface area (Å²) in [6, 6.07) is 5.71. The number of nitrogens with zero attached hydrogens (tertiary/aromatic N) is 1. The van der Waals surface area contributed by atoms with Gasteiger partial charge in [0.05, 0.1) is 17.9 Å². The van der Waals surface area contributed by atoms with Gasteiger partial charge in [0, 0.05) is 24.7 Å². The van der Waals surface area contributed by atoms with E-state index in [0.29, 0.717) is 18.8 Å². The van der Waals surface area contributed by atoms with Gasteiger partial charge >= 0.3 is 0 Å². The van der Waals surface area contributed by atoms with Gasteiger partial charge in [-0.15, -0.1) is 0 Å². The van der Waals surface area contributed by atoms with E-state index in [9.17, 15) is 4.39 Å². The van der Waals surface area contributed by atoms with Crippen LogP contribution in [0.5, 0.6) is 0 Å². The lowest BCUT2D eigenvalue weighted by atomic mass is 9.76. The Morgan fingerprint density at radius 1 is 1.17 bits per heavy atom. The number of nitrogens with two attached hydrogens (primary N) is 2. The predicted octanol–water partition coefficient (Wildman–Crippen LogP) is 2.49. The molecule has 1 saturated heterocycles. The van der Waals surface area contributed by atoms with Gasteiger partial charge in [0.2, 0.25) is 0 Å². The van der Waals surface area contributed by atoms with Crippen molar-refractivity contribution >= 4 is 5.69 Å². The van der Waals surface area contributed by atoms with Crippen LogP contribution in [0.4, 0.5) is 10.1 Å². The van der Waals surface area contributed by atoms with E-state index < -0.39 is 5.54 Å². The molecule has 2 fully saturated rings. The Kier molecular flexibility index (Phi) is 4.63. The molecule has 2 atom stereocenters. The smallest absolute Gasteiger partial charge is 0.146 e. The average molecular weight is 321 g/mol. The third-order valence-corrected chi connectivity index (χ3v) is 5.21. The zero-order chi connectivity index (χ0) is 16.6.